The van der Waals surface area contributed by atoms with Gasteiger partial charge in [0.25, 0.3) is 5.91 Å². The molecule has 1 N–H and O–H groups in total. The number of furan rings is 1. The molecular formula is C17H14FN3O2S. The number of carbonyl (C=O) groups is 1. The van der Waals surface area contributed by atoms with Crippen molar-refractivity contribution in [3.05, 3.63) is 59.4 Å². The molecule has 7 heteroatoms. The molecule has 0 saturated carbocycles. The van der Waals surface area contributed by atoms with Gasteiger partial charge in [0.15, 0.2) is 5.69 Å². The molecule has 1 aliphatic rings. The third kappa shape index (κ3) is 2.50. The first kappa shape index (κ1) is 15.0. The number of benzene rings is 1. The van der Waals surface area contributed by atoms with E-state index in [0.717, 1.165) is 21.7 Å². The number of amides is 1. The number of nitrogens with zero attached hydrogens (tertiary/aromatic N) is 2. The summed E-state index contributed by atoms with van der Waals surface area (Å²) in [6, 6.07) is 8.27. The number of aromatic nitrogens is 2. The minimum Gasteiger partial charge on any atom is -0.467 e. The van der Waals surface area contributed by atoms with Gasteiger partial charge in [0.1, 0.15) is 11.6 Å². The lowest BCUT2D eigenvalue weighted by Crippen LogP contribution is -2.24. The molecule has 0 spiro atoms. The molecule has 0 saturated heterocycles. The van der Waals surface area contributed by atoms with E-state index in [1.807, 2.05) is 0 Å². The smallest absolute Gasteiger partial charge is 0.272 e. The van der Waals surface area contributed by atoms with E-state index < -0.39 is 0 Å². The Kier molecular flexibility index (Phi) is 3.65. The van der Waals surface area contributed by atoms with E-state index in [1.165, 1.54) is 12.1 Å². The second-order valence-electron chi connectivity index (χ2n) is 5.49. The van der Waals surface area contributed by atoms with Gasteiger partial charge in [-0.15, -0.1) is 11.8 Å². The van der Waals surface area contributed by atoms with Crippen LogP contribution in [-0.2, 0) is 19.3 Å². The molecule has 3 aromatic rings. The monoisotopic (exact) mass is 343 g/mol. The molecule has 1 aromatic carbocycles. The van der Waals surface area contributed by atoms with E-state index in [0.29, 0.717) is 23.8 Å². The van der Waals surface area contributed by atoms with E-state index in [1.54, 1.807) is 48.0 Å². The van der Waals surface area contributed by atoms with Crippen LogP contribution >= 0.6 is 11.8 Å². The maximum atomic E-state index is 13.6. The average molecular weight is 343 g/mol. The summed E-state index contributed by atoms with van der Waals surface area (Å²) < 4.78 is 20.5. The van der Waals surface area contributed by atoms with E-state index >= 15 is 0 Å². The number of thioether (sulfide) groups is 1. The molecule has 0 fully saturated rings. The van der Waals surface area contributed by atoms with Crippen molar-refractivity contribution in [2.75, 3.05) is 0 Å². The first-order valence-electron chi connectivity index (χ1n) is 7.42. The normalized spacial score (nSPS) is 12.6. The average Bonchev–Trinajstić information content (AvgIpc) is 3.20. The number of carbonyl (C=O) groups excluding carboxylic acids is 1. The van der Waals surface area contributed by atoms with Gasteiger partial charge in [0.2, 0.25) is 0 Å². The summed E-state index contributed by atoms with van der Waals surface area (Å²) >= 11 is 1.58. The largest absolute Gasteiger partial charge is 0.467 e. The van der Waals surface area contributed by atoms with Gasteiger partial charge in [0.05, 0.1) is 18.5 Å². The number of aryl methyl sites for hydroxylation is 1. The van der Waals surface area contributed by atoms with Crippen molar-refractivity contribution in [1.29, 1.82) is 0 Å². The number of rotatable bonds is 3. The Bertz CT molecular complexity index is 918. The van der Waals surface area contributed by atoms with Crippen LogP contribution < -0.4 is 5.32 Å². The zero-order chi connectivity index (χ0) is 16.7. The Morgan fingerprint density at radius 2 is 2.33 bits per heavy atom. The number of halogens is 1. The standard InChI is InChI=1S/C17H14FN3O2S/c1-21-16-12-7-10(18)4-5-14(12)24-9-13(16)15(20-21)17(22)19-8-11-3-2-6-23-11/h2-7H,8-9H2,1H3,(H,19,22). The summed E-state index contributed by atoms with van der Waals surface area (Å²) in [5.74, 6) is 0.747. The third-order valence-electron chi connectivity index (χ3n) is 3.93. The minimum atomic E-state index is -0.299. The second-order valence-corrected chi connectivity index (χ2v) is 6.51. The van der Waals surface area contributed by atoms with Crippen molar-refractivity contribution >= 4 is 17.7 Å². The predicted octanol–water partition coefficient (Wildman–Crippen LogP) is 3.35. The Morgan fingerprint density at radius 3 is 3.12 bits per heavy atom. The van der Waals surface area contributed by atoms with Crippen LogP contribution in [0.2, 0.25) is 0 Å². The molecule has 0 bridgehead atoms. The maximum absolute atomic E-state index is 13.6. The fourth-order valence-corrected chi connectivity index (χ4v) is 3.90. The molecule has 0 aliphatic carbocycles. The molecule has 3 heterocycles. The van der Waals surface area contributed by atoms with Gasteiger partial charge in [-0.2, -0.15) is 5.10 Å². The van der Waals surface area contributed by atoms with Gasteiger partial charge in [-0.05, 0) is 30.3 Å². The molecule has 2 aromatic heterocycles. The van der Waals surface area contributed by atoms with Gasteiger partial charge in [-0.1, -0.05) is 0 Å². The Morgan fingerprint density at radius 1 is 1.46 bits per heavy atom. The highest BCUT2D eigenvalue weighted by atomic mass is 32.2. The van der Waals surface area contributed by atoms with Crippen molar-refractivity contribution < 1.29 is 13.6 Å². The zero-order valence-electron chi connectivity index (χ0n) is 12.9. The summed E-state index contributed by atoms with van der Waals surface area (Å²) in [5, 5.41) is 7.17. The van der Waals surface area contributed by atoms with Crippen LogP contribution in [0.1, 0.15) is 21.8 Å². The van der Waals surface area contributed by atoms with Crippen molar-refractivity contribution in [2.24, 2.45) is 7.05 Å². The highest BCUT2D eigenvalue weighted by Gasteiger charge is 2.28. The fourth-order valence-electron chi connectivity index (χ4n) is 2.85. The van der Waals surface area contributed by atoms with Crippen LogP contribution in [0.5, 0.6) is 0 Å². The molecule has 1 amide bonds. The molecule has 0 radical (unpaired) electrons. The van der Waals surface area contributed by atoms with Crippen molar-refractivity contribution in [3.8, 4) is 11.3 Å². The summed E-state index contributed by atoms with van der Waals surface area (Å²) in [6.45, 7) is 0.301. The van der Waals surface area contributed by atoms with Crippen molar-refractivity contribution in [1.82, 2.24) is 15.1 Å². The summed E-state index contributed by atoms with van der Waals surface area (Å²) in [4.78, 5) is 13.5. The molecule has 4 rings (SSSR count). The number of fused-ring (bicyclic) bond motifs is 3. The molecule has 122 valence electrons. The zero-order valence-corrected chi connectivity index (χ0v) is 13.7. The molecule has 1 aliphatic heterocycles. The molecule has 24 heavy (non-hydrogen) atoms. The van der Waals surface area contributed by atoms with E-state index in [9.17, 15) is 9.18 Å². The van der Waals surface area contributed by atoms with Crippen LogP contribution in [0.3, 0.4) is 0 Å². The van der Waals surface area contributed by atoms with E-state index in [4.69, 9.17) is 4.42 Å². The topological polar surface area (TPSA) is 60.1 Å². The lowest BCUT2D eigenvalue weighted by Gasteiger charge is -2.17. The van der Waals surface area contributed by atoms with Gasteiger partial charge in [-0.3, -0.25) is 9.48 Å². The maximum Gasteiger partial charge on any atom is 0.272 e. The quantitative estimate of drug-likeness (QED) is 0.792. The van der Waals surface area contributed by atoms with Gasteiger partial charge >= 0.3 is 0 Å². The van der Waals surface area contributed by atoms with Crippen LogP contribution in [0.25, 0.3) is 11.3 Å². The summed E-state index contributed by atoms with van der Waals surface area (Å²) in [6.07, 6.45) is 1.56. The third-order valence-corrected chi connectivity index (χ3v) is 5.03. The molecule has 5 nitrogen and oxygen atoms in total. The number of hydrogen-bond donors (Lipinski definition) is 1. The number of hydrogen-bond acceptors (Lipinski definition) is 4. The number of nitrogens with one attached hydrogen (secondary N) is 1. The lowest BCUT2D eigenvalue weighted by molar-refractivity contribution is 0.0941. The van der Waals surface area contributed by atoms with Gasteiger partial charge in [0, 0.05) is 28.8 Å². The van der Waals surface area contributed by atoms with Crippen LogP contribution in [-0.4, -0.2) is 15.7 Å². The van der Waals surface area contributed by atoms with Gasteiger partial charge < -0.3 is 9.73 Å². The van der Waals surface area contributed by atoms with Gasteiger partial charge in [-0.25, -0.2) is 4.39 Å². The fraction of sp³-hybridized carbons (Fsp3) is 0.176. The van der Waals surface area contributed by atoms with Crippen LogP contribution in [0.15, 0.2) is 45.9 Å². The molecule has 0 unspecified atom stereocenters. The highest BCUT2D eigenvalue weighted by molar-refractivity contribution is 7.98. The highest BCUT2D eigenvalue weighted by Crippen LogP contribution is 2.42. The summed E-state index contributed by atoms with van der Waals surface area (Å²) in [5.41, 5.74) is 2.78. The molecule has 0 atom stereocenters. The molecular weight excluding hydrogens is 329 g/mol. The predicted molar refractivity (Wildman–Crippen MR) is 88.0 cm³/mol. The minimum absolute atomic E-state index is 0.260. The van der Waals surface area contributed by atoms with Crippen molar-refractivity contribution in [3.63, 3.8) is 0 Å². The van der Waals surface area contributed by atoms with E-state index in [2.05, 4.69) is 10.4 Å². The summed E-state index contributed by atoms with van der Waals surface area (Å²) in [7, 11) is 1.77. The van der Waals surface area contributed by atoms with Crippen molar-refractivity contribution in [2.45, 2.75) is 17.2 Å². The lowest BCUT2D eigenvalue weighted by atomic mass is 10.1. The second kappa shape index (κ2) is 5.83. The Balaban J connectivity index is 1.67. The Labute approximate surface area is 141 Å². The SMILES string of the molecule is Cn1nc(C(=O)NCc2ccco2)c2c1-c1cc(F)ccc1SC2. The Hall–Kier alpha value is -2.54. The van der Waals surface area contributed by atoms with Crippen LogP contribution in [0, 0.1) is 5.82 Å². The first-order chi connectivity index (χ1) is 11.6. The van der Waals surface area contributed by atoms with E-state index in [-0.39, 0.29) is 11.7 Å². The first-order valence-corrected chi connectivity index (χ1v) is 8.41. The van der Waals surface area contributed by atoms with Crippen LogP contribution in [0.4, 0.5) is 4.39 Å².